The van der Waals surface area contributed by atoms with E-state index in [2.05, 4.69) is 12.5 Å². The average Bonchev–Trinajstić information content (AvgIpc) is 2.54. The standard InChI is InChI=1S/C16H23N3O3/c1-18-8-10-19(11-9-18)17-16(20)7-5-13-4-6-14(21-2)15(12-13)22-3/h4-7,12H,8-11H2,1-3H3,(H,17,20)/p+1/b7-5+. The van der Waals surface area contributed by atoms with Crippen LogP contribution in [0.5, 0.6) is 11.5 Å². The van der Waals surface area contributed by atoms with Gasteiger partial charge in [0, 0.05) is 6.08 Å². The monoisotopic (exact) mass is 306 g/mol. The summed E-state index contributed by atoms with van der Waals surface area (Å²) in [5.41, 5.74) is 3.78. The predicted octanol–water partition coefficient (Wildman–Crippen LogP) is -0.421. The molecule has 1 aliphatic heterocycles. The van der Waals surface area contributed by atoms with Crippen molar-refractivity contribution in [2.75, 3.05) is 47.4 Å². The van der Waals surface area contributed by atoms with Crippen LogP contribution in [0.2, 0.25) is 0 Å². The van der Waals surface area contributed by atoms with Crippen LogP contribution in [0.4, 0.5) is 0 Å². The molecule has 0 bridgehead atoms. The number of carbonyl (C=O) groups excluding carboxylic acids is 1. The Bertz CT molecular complexity index is 537. The predicted molar refractivity (Wildman–Crippen MR) is 84.9 cm³/mol. The number of rotatable bonds is 5. The van der Waals surface area contributed by atoms with Crippen molar-refractivity contribution in [1.82, 2.24) is 10.4 Å². The number of nitrogens with zero attached hydrogens (tertiary/aromatic N) is 1. The molecule has 22 heavy (non-hydrogen) atoms. The van der Waals surface area contributed by atoms with E-state index in [0.29, 0.717) is 11.5 Å². The number of hydrogen-bond donors (Lipinski definition) is 2. The maximum absolute atomic E-state index is 11.9. The fourth-order valence-electron chi connectivity index (χ4n) is 2.32. The number of ether oxygens (including phenoxy) is 2. The van der Waals surface area contributed by atoms with Gasteiger partial charge in [0.25, 0.3) is 5.91 Å². The van der Waals surface area contributed by atoms with Crippen LogP contribution in [0.3, 0.4) is 0 Å². The van der Waals surface area contributed by atoms with Gasteiger partial charge in [-0.3, -0.25) is 10.2 Å². The lowest BCUT2D eigenvalue weighted by molar-refractivity contribution is -0.884. The summed E-state index contributed by atoms with van der Waals surface area (Å²) in [5.74, 6) is 1.20. The summed E-state index contributed by atoms with van der Waals surface area (Å²) in [6.45, 7) is 3.84. The molecule has 0 unspecified atom stereocenters. The number of methoxy groups -OCH3 is 2. The molecule has 0 radical (unpaired) electrons. The van der Waals surface area contributed by atoms with E-state index in [1.807, 2.05) is 23.2 Å². The molecule has 1 aromatic rings. The first kappa shape index (κ1) is 16.3. The van der Waals surface area contributed by atoms with Crippen LogP contribution in [-0.2, 0) is 4.79 Å². The summed E-state index contributed by atoms with van der Waals surface area (Å²) >= 11 is 0. The van der Waals surface area contributed by atoms with E-state index in [0.717, 1.165) is 31.7 Å². The molecule has 1 amide bonds. The molecule has 6 nitrogen and oxygen atoms in total. The second kappa shape index (κ2) is 7.82. The fraction of sp³-hybridized carbons (Fsp3) is 0.438. The molecule has 1 saturated heterocycles. The van der Waals surface area contributed by atoms with Crippen LogP contribution in [0.25, 0.3) is 6.08 Å². The molecule has 120 valence electrons. The summed E-state index contributed by atoms with van der Waals surface area (Å²) in [5, 5.41) is 1.97. The summed E-state index contributed by atoms with van der Waals surface area (Å²) in [6.07, 6.45) is 3.30. The Morgan fingerprint density at radius 2 is 1.91 bits per heavy atom. The van der Waals surface area contributed by atoms with Crippen molar-refractivity contribution in [1.29, 1.82) is 0 Å². The summed E-state index contributed by atoms with van der Waals surface area (Å²) in [4.78, 5) is 13.4. The molecule has 0 spiro atoms. The minimum Gasteiger partial charge on any atom is -0.493 e. The zero-order valence-corrected chi connectivity index (χ0v) is 13.4. The number of hydrogen-bond acceptors (Lipinski definition) is 4. The lowest BCUT2D eigenvalue weighted by atomic mass is 10.2. The molecule has 1 fully saturated rings. The molecule has 2 N–H and O–H groups in total. The van der Waals surface area contributed by atoms with E-state index in [-0.39, 0.29) is 5.91 Å². The molecular formula is C16H24N3O3+. The Morgan fingerprint density at radius 1 is 1.23 bits per heavy atom. The summed E-state index contributed by atoms with van der Waals surface area (Å²) < 4.78 is 10.4. The van der Waals surface area contributed by atoms with Crippen molar-refractivity contribution in [2.45, 2.75) is 0 Å². The molecule has 0 atom stereocenters. The number of quaternary nitrogens is 1. The molecule has 1 aromatic carbocycles. The third-order valence-corrected chi connectivity index (χ3v) is 3.72. The van der Waals surface area contributed by atoms with Crippen molar-refractivity contribution >= 4 is 12.0 Å². The molecular weight excluding hydrogens is 282 g/mol. The van der Waals surface area contributed by atoms with Crippen LogP contribution in [-0.4, -0.2) is 58.4 Å². The highest BCUT2D eigenvalue weighted by molar-refractivity contribution is 5.91. The lowest BCUT2D eigenvalue weighted by Gasteiger charge is -2.29. The van der Waals surface area contributed by atoms with Crippen LogP contribution in [0.1, 0.15) is 5.56 Å². The number of piperazine rings is 1. The SMILES string of the molecule is COc1ccc(/C=C/C(=O)NN2CC[NH+](C)CC2)cc1OC. The normalized spacial score (nSPS) is 16.7. The maximum atomic E-state index is 11.9. The van der Waals surface area contributed by atoms with E-state index < -0.39 is 0 Å². The smallest absolute Gasteiger partial charge is 0.258 e. The maximum Gasteiger partial charge on any atom is 0.258 e. The summed E-state index contributed by atoms with van der Waals surface area (Å²) in [6, 6.07) is 5.53. The van der Waals surface area contributed by atoms with Gasteiger partial charge in [0.1, 0.15) is 0 Å². The first-order valence-corrected chi connectivity index (χ1v) is 7.39. The highest BCUT2D eigenvalue weighted by atomic mass is 16.5. The minimum absolute atomic E-state index is 0.116. The van der Waals surface area contributed by atoms with E-state index in [1.54, 1.807) is 20.3 Å². The van der Waals surface area contributed by atoms with Gasteiger partial charge in [-0.1, -0.05) is 6.07 Å². The highest BCUT2D eigenvalue weighted by Crippen LogP contribution is 2.27. The molecule has 0 saturated carbocycles. The van der Waals surface area contributed by atoms with Crippen LogP contribution in [0, 0.1) is 0 Å². The first-order chi connectivity index (χ1) is 10.6. The minimum atomic E-state index is -0.116. The molecule has 0 aromatic heterocycles. The van der Waals surface area contributed by atoms with Gasteiger partial charge in [-0.25, -0.2) is 5.01 Å². The van der Waals surface area contributed by atoms with Crippen molar-refractivity contribution in [3.63, 3.8) is 0 Å². The van der Waals surface area contributed by atoms with Gasteiger partial charge in [0.2, 0.25) is 0 Å². The van der Waals surface area contributed by atoms with Crippen molar-refractivity contribution in [3.05, 3.63) is 29.8 Å². The van der Waals surface area contributed by atoms with Crippen molar-refractivity contribution in [3.8, 4) is 11.5 Å². The number of amides is 1. The van der Waals surface area contributed by atoms with Gasteiger partial charge in [0.05, 0.1) is 47.4 Å². The Hall–Kier alpha value is -2.05. The van der Waals surface area contributed by atoms with E-state index >= 15 is 0 Å². The number of benzene rings is 1. The third kappa shape index (κ3) is 4.47. The van der Waals surface area contributed by atoms with E-state index in [1.165, 1.54) is 11.0 Å². The van der Waals surface area contributed by atoms with Gasteiger partial charge >= 0.3 is 0 Å². The second-order valence-electron chi connectivity index (χ2n) is 5.37. The zero-order valence-electron chi connectivity index (χ0n) is 13.4. The highest BCUT2D eigenvalue weighted by Gasteiger charge is 2.17. The zero-order chi connectivity index (χ0) is 15.9. The van der Waals surface area contributed by atoms with Gasteiger partial charge in [-0.2, -0.15) is 0 Å². The Labute approximate surface area is 131 Å². The van der Waals surface area contributed by atoms with Crippen molar-refractivity contribution < 1.29 is 19.2 Å². The average molecular weight is 306 g/mol. The number of hydrazine groups is 1. The van der Waals surface area contributed by atoms with Crippen LogP contribution in [0.15, 0.2) is 24.3 Å². The molecule has 2 rings (SSSR count). The molecule has 1 heterocycles. The quantitative estimate of drug-likeness (QED) is 0.726. The van der Waals surface area contributed by atoms with Crippen molar-refractivity contribution in [2.24, 2.45) is 0 Å². The topological polar surface area (TPSA) is 55.2 Å². The Kier molecular flexibility index (Phi) is 5.80. The van der Waals surface area contributed by atoms with E-state index in [4.69, 9.17) is 9.47 Å². The molecule has 0 aliphatic carbocycles. The lowest BCUT2D eigenvalue weighted by Crippen LogP contribution is -3.12. The molecule has 6 heteroatoms. The Morgan fingerprint density at radius 3 is 2.55 bits per heavy atom. The van der Waals surface area contributed by atoms with E-state index in [9.17, 15) is 4.79 Å². The fourth-order valence-corrected chi connectivity index (χ4v) is 2.32. The van der Waals surface area contributed by atoms with Crippen LogP contribution >= 0.6 is 0 Å². The molecule has 1 aliphatic rings. The van der Waals surface area contributed by atoms with Gasteiger partial charge in [0.15, 0.2) is 11.5 Å². The number of carbonyl (C=O) groups is 1. The van der Waals surface area contributed by atoms with Gasteiger partial charge in [-0.05, 0) is 23.8 Å². The van der Waals surface area contributed by atoms with Gasteiger partial charge < -0.3 is 14.4 Å². The summed E-state index contributed by atoms with van der Waals surface area (Å²) in [7, 11) is 5.35. The first-order valence-electron chi connectivity index (χ1n) is 7.39. The second-order valence-corrected chi connectivity index (χ2v) is 5.37. The van der Waals surface area contributed by atoms with Crippen LogP contribution < -0.4 is 19.8 Å². The van der Waals surface area contributed by atoms with Gasteiger partial charge in [-0.15, -0.1) is 0 Å². The largest absolute Gasteiger partial charge is 0.493 e. The third-order valence-electron chi connectivity index (χ3n) is 3.72. The number of nitrogens with one attached hydrogen (secondary N) is 2. The Balaban J connectivity index is 1.92. The number of likely N-dealkylation sites (N-methyl/N-ethyl adjacent to an activating group) is 1.